The van der Waals surface area contributed by atoms with Crippen molar-refractivity contribution in [1.82, 2.24) is 0 Å². The fourth-order valence-corrected chi connectivity index (χ4v) is 5.60. The van der Waals surface area contributed by atoms with Gasteiger partial charge in [-0.05, 0) is 69.9 Å². The molecule has 3 aliphatic rings. The van der Waals surface area contributed by atoms with E-state index in [4.69, 9.17) is 0 Å². The Morgan fingerprint density at radius 3 is 2.27 bits per heavy atom. The summed E-state index contributed by atoms with van der Waals surface area (Å²) in [7, 11) is 0. The average Bonchev–Trinajstić information content (AvgIpc) is 3.16. The van der Waals surface area contributed by atoms with E-state index in [9.17, 15) is 0 Å². The zero-order valence-electron chi connectivity index (χ0n) is 14.9. The lowest BCUT2D eigenvalue weighted by Crippen LogP contribution is -2.27. The summed E-state index contributed by atoms with van der Waals surface area (Å²) in [5, 5.41) is 0. The highest BCUT2D eigenvalue weighted by atomic mass is 14.5. The Balaban J connectivity index is 1.85. The van der Waals surface area contributed by atoms with Gasteiger partial charge in [-0.2, -0.15) is 0 Å². The third kappa shape index (κ3) is 1.48. The Morgan fingerprint density at radius 2 is 1.42 bits per heavy atom. The molecular formula is C26H20. The van der Waals surface area contributed by atoms with E-state index in [-0.39, 0.29) is 5.41 Å². The summed E-state index contributed by atoms with van der Waals surface area (Å²) in [6, 6.07) is 25.0. The van der Waals surface area contributed by atoms with Gasteiger partial charge in [-0.3, -0.25) is 0 Å². The Hall–Kier alpha value is -2.86. The summed E-state index contributed by atoms with van der Waals surface area (Å²) in [6.45, 7) is 2.25. The van der Waals surface area contributed by atoms with Gasteiger partial charge >= 0.3 is 0 Å². The van der Waals surface area contributed by atoms with Gasteiger partial charge in [0.1, 0.15) is 0 Å². The smallest absolute Gasteiger partial charge is 0.0722 e. The van der Waals surface area contributed by atoms with Gasteiger partial charge in [-0.1, -0.05) is 78.9 Å². The number of aryl methyl sites for hydroxylation is 1. The molecular weight excluding hydrogens is 312 g/mol. The summed E-state index contributed by atoms with van der Waals surface area (Å²) in [5.74, 6) is 0. The summed E-state index contributed by atoms with van der Waals surface area (Å²) >= 11 is 0. The van der Waals surface area contributed by atoms with Crippen LogP contribution in [0, 0.1) is 6.92 Å². The zero-order chi connectivity index (χ0) is 17.3. The largest absolute Gasteiger partial charge is 0.0839 e. The molecule has 0 nitrogen and oxygen atoms in total. The van der Waals surface area contributed by atoms with E-state index in [1.165, 1.54) is 44.5 Å². The van der Waals surface area contributed by atoms with Crippen LogP contribution in [0.4, 0.5) is 0 Å². The lowest BCUT2D eigenvalue weighted by atomic mass is 9.69. The van der Waals surface area contributed by atoms with Gasteiger partial charge in [0.25, 0.3) is 0 Å². The highest BCUT2D eigenvalue weighted by molar-refractivity contribution is 5.96. The van der Waals surface area contributed by atoms with E-state index in [0.29, 0.717) is 0 Å². The van der Waals surface area contributed by atoms with Gasteiger partial charge in [0.05, 0.1) is 5.41 Å². The minimum atomic E-state index is -0.138. The van der Waals surface area contributed by atoms with Gasteiger partial charge in [-0.15, -0.1) is 0 Å². The molecule has 0 N–H and O–H groups in total. The molecule has 0 aliphatic heterocycles. The second kappa shape index (κ2) is 4.86. The Labute approximate surface area is 154 Å². The predicted molar refractivity (Wildman–Crippen MR) is 108 cm³/mol. The van der Waals surface area contributed by atoms with Crippen LogP contribution in [0.5, 0.6) is 0 Å². The molecule has 124 valence electrons. The molecule has 1 atom stereocenters. The fraction of sp³-hybridized carbons (Fsp3) is 0.154. The van der Waals surface area contributed by atoms with Crippen molar-refractivity contribution in [1.29, 1.82) is 0 Å². The maximum atomic E-state index is 2.41. The molecule has 26 heavy (non-hydrogen) atoms. The van der Waals surface area contributed by atoms with Crippen LogP contribution in [0.1, 0.15) is 40.7 Å². The van der Waals surface area contributed by atoms with Gasteiger partial charge in [0.2, 0.25) is 0 Å². The molecule has 0 heteroatoms. The first-order valence-electron chi connectivity index (χ1n) is 9.53. The third-order valence-electron chi connectivity index (χ3n) is 6.51. The van der Waals surface area contributed by atoms with Crippen LogP contribution in [0.2, 0.25) is 0 Å². The summed E-state index contributed by atoms with van der Waals surface area (Å²) in [4.78, 5) is 0. The number of hydrogen-bond donors (Lipinski definition) is 0. The topological polar surface area (TPSA) is 0 Å². The molecule has 0 fully saturated rings. The minimum Gasteiger partial charge on any atom is -0.0839 e. The molecule has 0 saturated carbocycles. The summed E-state index contributed by atoms with van der Waals surface area (Å²) < 4.78 is 0. The van der Waals surface area contributed by atoms with Crippen LogP contribution in [0.3, 0.4) is 0 Å². The molecule has 1 unspecified atom stereocenters. The zero-order valence-corrected chi connectivity index (χ0v) is 14.9. The highest BCUT2D eigenvalue weighted by Crippen LogP contribution is 2.63. The van der Waals surface area contributed by atoms with Crippen molar-refractivity contribution in [3.63, 3.8) is 0 Å². The van der Waals surface area contributed by atoms with E-state index in [1.54, 1.807) is 5.57 Å². The number of hydrogen-bond acceptors (Lipinski definition) is 0. The molecule has 3 aromatic carbocycles. The predicted octanol–water partition coefficient (Wildman–Crippen LogP) is 6.43. The van der Waals surface area contributed by atoms with Crippen molar-refractivity contribution in [2.24, 2.45) is 0 Å². The van der Waals surface area contributed by atoms with Crippen LogP contribution < -0.4 is 0 Å². The molecule has 3 aliphatic carbocycles. The molecule has 0 radical (unpaired) electrons. The number of fused-ring (bicyclic) bond motifs is 9. The van der Waals surface area contributed by atoms with Crippen LogP contribution >= 0.6 is 0 Å². The summed E-state index contributed by atoms with van der Waals surface area (Å²) in [6.07, 6.45) is 7.06. The van der Waals surface area contributed by atoms with Gasteiger partial charge in [-0.25, -0.2) is 0 Å². The highest BCUT2D eigenvalue weighted by Gasteiger charge is 2.52. The van der Waals surface area contributed by atoms with Crippen LogP contribution in [-0.4, -0.2) is 0 Å². The Morgan fingerprint density at radius 1 is 0.731 bits per heavy atom. The maximum absolute atomic E-state index is 2.41. The Bertz CT molecular complexity index is 1140. The van der Waals surface area contributed by atoms with Gasteiger partial charge in [0.15, 0.2) is 0 Å². The van der Waals surface area contributed by atoms with E-state index in [0.717, 1.165) is 12.8 Å². The normalized spacial score (nSPS) is 21.6. The van der Waals surface area contributed by atoms with E-state index >= 15 is 0 Å². The molecule has 0 saturated heterocycles. The van der Waals surface area contributed by atoms with Crippen molar-refractivity contribution in [2.45, 2.75) is 25.2 Å². The first-order chi connectivity index (χ1) is 12.8. The van der Waals surface area contributed by atoms with Crippen molar-refractivity contribution in [3.05, 3.63) is 112 Å². The van der Waals surface area contributed by atoms with Crippen molar-refractivity contribution in [2.75, 3.05) is 0 Å². The first-order valence-corrected chi connectivity index (χ1v) is 9.53. The molecule has 0 amide bonds. The van der Waals surface area contributed by atoms with Crippen LogP contribution in [-0.2, 0) is 5.41 Å². The second-order valence-corrected chi connectivity index (χ2v) is 7.67. The van der Waals surface area contributed by atoms with Crippen molar-refractivity contribution in [3.8, 4) is 11.1 Å². The quantitative estimate of drug-likeness (QED) is 0.445. The van der Waals surface area contributed by atoms with Gasteiger partial charge in [0, 0.05) is 0 Å². The molecule has 0 aromatic heterocycles. The molecule has 3 aromatic rings. The maximum Gasteiger partial charge on any atom is 0.0722 e. The summed E-state index contributed by atoms with van der Waals surface area (Å²) in [5.41, 5.74) is 13.0. The van der Waals surface area contributed by atoms with Gasteiger partial charge < -0.3 is 0 Å². The fourth-order valence-electron chi connectivity index (χ4n) is 5.60. The Kier molecular flexibility index (Phi) is 2.68. The molecule has 0 heterocycles. The van der Waals surface area contributed by atoms with E-state index in [2.05, 4.69) is 85.8 Å². The lowest BCUT2D eigenvalue weighted by molar-refractivity contribution is 0.780. The third-order valence-corrected chi connectivity index (χ3v) is 6.51. The van der Waals surface area contributed by atoms with Crippen LogP contribution in [0.25, 0.3) is 16.7 Å². The van der Waals surface area contributed by atoms with E-state index in [1.807, 2.05) is 0 Å². The first kappa shape index (κ1) is 14.3. The standard InChI is InChI=1S/C26H20/c1-17-9-8-16-24-25(17)20-12-4-7-15-23(20)26(24)21-13-5-2-10-18(21)19-11-3-6-14-22(19)26/h2,4-10,12-16H,3,11H2,1H3. The molecule has 6 rings (SSSR count). The monoisotopic (exact) mass is 332 g/mol. The number of allylic oxidation sites excluding steroid dienone is 4. The van der Waals surface area contributed by atoms with Crippen molar-refractivity contribution < 1.29 is 0 Å². The lowest BCUT2D eigenvalue weighted by Gasteiger charge is -2.32. The van der Waals surface area contributed by atoms with Crippen molar-refractivity contribution >= 4 is 5.57 Å². The number of benzene rings is 3. The second-order valence-electron chi connectivity index (χ2n) is 7.67. The SMILES string of the molecule is Cc1cccc2c1-c1ccccc1C21C2=C(CCC=C2)c2ccccc21. The molecule has 1 spiro atoms. The van der Waals surface area contributed by atoms with Crippen LogP contribution in [0.15, 0.2) is 84.5 Å². The van der Waals surface area contributed by atoms with E-state index < -0.39 is 0 Å². The minimum absolute atomic E-state index is 0.138. The molecule has 0 bridgehead atoms. The number of rotatable bonds is 0. The average molecular weight is 332 g/mol.